The van der Waals surface area contributed by atoms with Crippen LogP contribution in [-0.2, 0) is 5.41 Å². The lowest BCUT2D eigenvalue weighted by molar-refractivity contribution is 0.485. The number of benzene rings is 1. The standard InChI is InChI=1S/C22H30N4S/c1-22(2,3)18-13-11-17(12-14-18)20-24-25-21(27-16-8-4-7-15-23)26(20)19-9-5-6-10-19/h11-14,19H,4-10,16H2,1-3H3. The van der Waals surface area contributed by atoms with Crippen molar-refractivity contribution >= 4 is 11.8 Å². The third-order valence-electron chi connectivity index (χ3n) is 5.28. The number of unbranched alkanes of at least 4 members (excludes halogenated alkanes) is 2. The van der Waals surface area contributed by atoms with E-state index in [0.29, 0.717) is 12.5 Å². The summed E-state index contributed by atoms with van der Waals surface area (Å²) >= 11 is 1.79. The lowest BCUT2D eigenvalue weighted by atomic mass is 9.86. The molecule has 0 aliphatic heterocycles. The van der Waals surface area contributed by atoms with Crippen molar-refractivity contribution in [2.75, 3.05) is 5.75 Å². The van der Waals surface area contributed by atoms with Gasteiger partial charge in [0.2, 0.25) is 0 Å². The summed E-state index contributed by atoms with van der Waals surface area (Å²) in [7, 11) is 0. The molecule has 1 aliphatic carbocycles. The molecule has 0 unspecified atom stereocenters. The van der Waals surface area contributed by atoms with Crippen LogP contribution in [0.3, 0.4) is 0 Å². The first kappa shape index (κ1) is 19.9. The zero-order chi connectivity index (χ0) is 19.3. The van der Waals surface area contributed by atoms with Crippen LogP contribution in [0.4, 0.5) is 0 Å². The van der Waals surface area contributed by atoms with Gasteiger partial charge in [-0.25, -0.2) is 0 Å². The molecular formula is C22H30N4S. The summed E-state index contributed by atoms with van der Waals surface area (Å²) in [4.78, 5) is 0. The first-order chi connectivity index (χ1) is 13.0. The second-order valence-corrected chi connectivity index (χ2v) is 9.47. The Hall–Kier alpha value is -1.80. The highest BCUT2D eigenvalue weighted by Crippen LogP contribution is 2.37. The van der Waals surface area contributed by atoms with Crippen LogP contribution in [-0.4, -0.2) is 20.5 Å². The maximum absolute atomic E-state index is 8.69. The summed E-state index contributed by atoms with van der Waals surface area (Å²) in [6.07, 6.45) is 7.66. The summed E-state index contributed by atoms with van der Waals surface area (Å²) in [5.41, 5.74) is 2.64. The van der Waals surface area contributed by atoms with E-state index in [-0.39, 0.29) is 5.41 Å². The van der Waals surface area contributed by atoms with Crippen molar-refractivity contribution < 1.29 is 0 Å². The predicted molar refractivity (Wildman–Crippen MR) is 112 cm³/mol. The third kappa shape index (κ3) is 4.93. The Kier molecular flexibility index (Phi) is 6.59. The lowest BCUT2D eigenvalue weighted by Gasteiger charge is -2.20. The van der Waals surface area contributed by atoms with Gasteiger partial charge in [-0.3, -0.25) is 4.57 Å². The molecule has 0 spiro atoms. The molecule has 1 heterocycles. The third-order valence-corrected chi connectivity index (χ3v) is 6.31. The SMILES string of the molecule is CC(C)(C)c1ccc(-c2nnc(SCCCCC#N)n2C2CCCC2)cc1. The second-order valence-electron chi connectivity index (χ2n) is 8.41. The molecule has 3 rings (SSSR count). The van der Waals surface area contributed by atoms with Crippen LogP contribution in [0.2, 0.25) is 0 Å². The van der Waals surface area contributed by atoms with Gasteiger partial charge < -0.3 is 0 Å². The molecule has 0 N–H and O–H groups in total. The average Bonchev–Trinajstić information content (AvgIpc) is 3.30. The van der Waals surface area contributed by atoms with Crippen LogP contribution in [0.25, 0.3) is 11.4 Å². The minimum Gasteiger partial charge on any atom is -0.299 e. The van der Waals surface area contributed by atoms with Crippen molar-refractivity contribution in [1.29, 1.82) is 5.26 Å². The number of thioether (sulfide) groups is 1. The van der Waals surface area contributed by atoms with Crippen molar-refractivity contribution in [3.63, 3.8) is 0 Å². The van der Waals surface area contributed by atoms with Crippen LogP contribution in [0.5, 0.6) is 0 Å². The van der Waals surface area contributed by atoms with E-state index in [9.17, 15) is 0 Å². The molecular weight excluding hydrogens is 352 g/mol. The van der Waals surface area contributed by atoms with E-state index >= 15 is 0 Å². The highest BCUT2D eigenvalue weighted by Gasteiger charge is 2.25. The number of rotatable bonds is 7. The first-order valence-electron chi connectivity index (χ1n) is 10.1. The molecule has 1 aliphatic rings. The van der Waals surface area contributed by atoms with E-state index in [0.717, 1.165) is 35.1 Å². The molecule has 1 saturated carbocycles. The minimum atomic E-state index is 0.155. The molecule has 0 amide bonds. The Bertz CT molecular complexity index is 774. The summed E-state index contributed by atoms with van der Waals surface area (Å²) in [5, 5.41) is 18.8. The van der Waals surface area contributed by atoms with E-state index in [2.05, 4.69) is 65.9 Å². The van der Waals surface area contributed by atoms with Crippen molar-refractivity contribution in [3.8, 4) is 17.5 Å². The number of aromatic nitrogens is 3. The molecule has 4 nitrogen and oxygen atoms in total. The Labute approximate surface area is 167 Å². The minimum absolute atomic E-state index is 0.155. The largest absolute Gasteiger partial charge is 0.299 e. The zero-order valence-corrected chi connectivity index (χ0v) is 17.6. The quantitative estimate of drug-likeness (QED) is 0.426. The number of hydrogen-bond acceptors (Lipinski definition) is 4. The fourth-order valence-electron chi connectivity index (χ4n) is 3.65. The smallest absolute Gasteiger partial charge is 0.191 e. The predicted octanol–water partition coefficient (Wildman–Crippen LogP) is 6.14. The van der Waals surface area contributed by atoms with Crippen molar-refractivity contribution in [2.24, 2.45) is 0 Å². The normalized spacial score (nSPS) is 15.2. The summed E-state index contributed by atoms with van der Waals surface area (Å²) in [6, 6.07) is 11.6. The molecule has 1 fully saturated rings. The molecule has 0 radical (unpaired) electrons. The van der Waals surface area contributed by atoms with Crippen molar-refractivity contribution in [2.45, 2.75) is 82.3 Å². The lowest BCUT2D eigenvalue weighted by Crippen LogP contribution is -2.11. The highest BCUT2D eigenvalue weighted by atomic mass is 32.2. The molecule has 27 heavy (non-hydrogen) atoms. The molecule has 0 bridgehead atoms. The van der Waals surface area contributed by atoms with Gasteiger partial charge in [-0.1, -0.05) is 69.6 Å². The Balaban J connectivity index is 1.83. The monoisotopic (exact) mass is 382 g/mol. The molecule has 1 aromatic carbocycles. The Morgan fingerprint density at radius 2 is 1.81 bits per heavy atom. The van der Waals surface area contributed by atoms with Crippen LogP contribution in [0.15, 0.2) is 29.4 Å². The average molecular weight is 383 g/mol. The molecule has 5 heteroatoms. The summed E-state index contributed by atoms with van der Waals surface area (Å²) < 4.78 is 2.38. The fraction of sp³-hybridized carbons (Fsp3) is 0.591. The maximum atomic E-state index is 8.69. The molecule has 0 atom stereocenters. The van der Waals surface area contributed by atoms with E-state index in [1.54, 1.807) is 11.8 Å². The van der Waals surface area contributed by atoms with Gasteiger partial charge in [0.15, 0.2) is 11.0 Å². The number of nitriles is 1. The highest BCUT2D eigenvalue weighted by molar-refractivity contribution is 7.99. The molecule has 0 saturated heterocycles. The fourth-order valence-corrected chi connectivity index (χ4v) is 4.66. The van der Waals surface area contributed by atoms with Gasteiger partial charge >= 0.3 is 0 Å². The van der Waals surface area contributed by atoms with Gasteiger partial charge in [0.25, 0.3) is 0 Å². The first-order valence-corrected chi connectivity index (χ1v) is 11.0. The summed E-state index contributed by atoms with van der Waals surface area (Å²) in [5.74, 6) is 2.00. The van der Waals surface area contributed by atoms with E-state index in [4.69, 9.17) is 5.26 Å². The van der Waals surface area contributed by atoms with Gasteiger partial charge in [-0.05, 0) is 36.7 Å². The van der Waals surface area contributed by atoms with Gasteiger partial charge in [0.1, 0.15) is 0 Å². The molecule has 1 aromatic heterocycles. The van der Waals surface area contributed by atoms with Crippen molar-refractivity contribution in [3.05, 3.63) is 29.8 Å². The maximum Gasteiger partial charge on any atom is 0.191 e. The second kappa shape index (κ2) is 8.93. The topological polar surface area (TPSA) is 54.5 Å². The number of hydrogen-bond donors (Lipinski definition) is 0. The molecule has 2 aromatic rings. The van der Waals surface area contributed by atoms with Gasteiger partial charge in [0.05, 0.1) is 6.07 Å². The van der Waals surface area contributed by atoms with Crippen LogP contribution in [0, 0.1) is 11.3 Å². The van der Waals surface area contributed by atoms with Gasteiger partial charge in [-0.15, -0.1) is 10.2 Å². The molecule has 144 valence electrons. The van der Waals surface area contributed by atoms with Crippen LogP contribution in [0.1, 0.15) is 77.3 Å². The summed E-state index contributed by atoms with van der Waals surface area (Å²) in [6.45, 7) is 6.72. The Morgan fingerprint density at radius 1 is 1.11 bits per heavy atom. The van der Waals surface area contributed by atoms with E-state index < -0.39 is 0 Å². The van der Waals surface area contributed by atoms with Gasteiger partial charge in [-0.2, -0.15) is 5.26 Å². The van der Waals surface area contributed by atoms with E-state index in [1.165, 1.54) is 31.2 Å². The van der Waals surface area contributed by atoms with Gasteiger partial charge in [0, 0.05) is 23.8 Å². The Morgan fingerprint density at radius 3 is 2.44 bits per heavy atom. The van der Waals surface area contributed by atoms with E-state index in [1.807, 2.05) is 0 Å². The number of nitrogens with zero attached hydrogens (tertiary/aromatic N) is 4. The van der Waals surface area contributed by atoms with Crippen LogP contribution < -0.4 is 0 Å². The van der Waals surface area contributed by atoms with Crippen LogP contribution >= 0.6 is 11.8 Å². The zero-order valence-electron chi connectivity index (χ0n) is 16.7. The van der Waals surface area contributed by atoms with Crippen molar-refractivity contribution in [1.82, 2.24) is 14.8 Å².